The molecule has 1 aliphatic rings. The quantitative estimate of drug-likeness (QED) is 0.837. The maximum Gasteiger partial charge on any atom is 0.260 e. The average molecular weight is 338 g/mol. The Bertz CT molecular complexity index is 770. The SMILES string of the molecule is CN(c1ccc(O)cc1)[C@H]1NC(=O)/C(=C/C=C/c2ccccc2)S1. The van der Waals surface area contributed by atoms with E-state index in [1.54, 1.807) is 12.1 Å². The van der Waals surface area contributed by atoms with E-state index in [1.807, 2.05) is 72.6 Å². The van der Waals surface area contributed by atoms with Crippen LogP contribution in [0.15, 0.2) is 71.7 Å². The highest BCUT2D eigenvalue weighted by Gasteiger charge is 2.29. The molecule has 0 bridgehead atoms. The summed E-state index contributed by atoms with van der Waals surface area (Å²) in [6.07, 6.45) is 5.69. The van der Waals surface area contributed by atoms with E-state index >= 15 is 0 Å². The molecule has 2 aromatic rings. The summed E-state index contributed by atoms with van der Waals surface area (Å²) in [5, 5.41) is 12.3. The van der Waals surface area contributed by atoms with Gasteiger partial charge in [-0.05, 0) is 35.9 Å². The fraction of sp³-hybridized carbons (Fsp3) is 0.105. The molecule has 1 aliphatic heterocycles. The van der Waals surface area contributed by atoms with Crippen LogP contribution in [0.4, 0.5) is 5.69 Å². The van der Waals surface area contributed by atoms with Gasteiger partial charge in [-0.15, -0.1) is 0 Å². The second-order valence-electron chi connectivity index (χ2n) is 5.37. The van der Waals surface area contributed by atoms with Crippen LogP contribution >= 0.6 is 11.8 Å². The van der Waals surface area contributed by atoms with Gasteiger partial charge >= 0.3 is 0 Å². The topological polar surface area (TPSA) is 52.6 Å². The van der Waals surface area contributed by atoms with Crippen molar-refractivity contribution in [2.24, 2.45) is 0 Å². The summed E-state index contributed by atoms with van der Waals surface area (Å²) in [6, 6.07) is 16.9. The van der Waals surface area contributed by atoms with Crippen molar-refractivity contribution in [2.75, 3.05) is 11.9 Å². The van der Waals surface area contributed by atoms with Crippen LogP contribution in [0.25, 0.3) is 6.08 Å². The van der Waals surface area contributed by atoms with E-state index in [9.17, 15) is 9.90 Å². The van der Waals surface area contributed by atoms with Gasteiger partial charge in [-0.3, -0.25) is 4.79 Å². The van der Waals surface area contributed by atoms with Crippen LogP contribution in [-0.2, 0) is 4.79 Å². The molecule has 1 saturated heterocycles. The van der Waals surface area contributed by atoms with Crippen LogP contribution in [0.1, 0.15) is 5.56 Å². The molecular weight excluding hydrogens is 320 g/mol. The van der Waals surface area contributed by atoms with Gasteiger partial charge in [0.1, 0.15) is 5.75 Å². The summed E-state index contributed by atoms with van der Waals surface area (Å²) in [7, 11) is 1.91. The third-order valence-electron chi connectivity index (χ3n) is 3.66. The number of phenolic OH excluding ortho intramolecular Hbond substituents is 1. The first kappa shape index (κ1) is 16.2. The molecule has 0 aromatic heterocycles. The van der Waals surface area contributed by atoms with Gasteiger partial charge in [-0.2, -0.15) is 0 Å². The van der Waals surface area contributed by atoms with Gasteiger partial charge in [0.2, 0.25) is 0 Å². The predicted molar refractivity (Wildman–Crippen MR) is 99.6 cm³/mol. The first-order chi connectivity index (χ1) is 11.6. The Hall–Kier alpha value is -2.66. The second kappa shape index (κ2) is 7.27. The molecule has 1 atom stereocenters. The van der Waals surface area contributed by atoms with Crippen molar-refractivity contribution >= 4 is 29.4 Å². The van der Waals surface area contributed by atoms with E-state index < -0.39 is 0 Å². The predicted octanol–water partition coefficient (Wildman–Crippen LogP) is 3.57. The molecule has 24 heavy (non-hydrogen) atoms. The third-order valence-corrected chi connectivity index (χ3v) is 4.89. The summed E-state index contributed by atoms with van der Waals surface area (Å²) < 4.78 is 0. The van der Waals surface area contributed by atoms with Gasteiger partial charge in [-0.25, -0.2) is 0 Å². The Morgan fingerprint density at radius 2 is 1.83 bits per heavy atom. The number of anilines is 1. The van der Waals surface area contributed by atoms with Crippen LogP contribution in [-0.4, -0.2) is 23.6 Å². The van der Waals surface area contributed by atoms with Crippen molar-refractivity contribution in [1.82, 2.24) is 5.32 Å². The first-order valence-electron chi connectivity index (χ1n) is 7.56. The fourth-order valence-corrected chi connectivity index (χ4v) is 3.32. The number of hydrogen-bond acceptors (Lipinski definition) is 4. The van der Waals surface area contributed by atoms with E-state index in [0.29, 0.717) is 4.91 Å². The number of phenols is 1. The van der Waals surface area contributed by atoms with Crippen molar-refractivity contribution in [2.45, 2.75) is 5.50 Å². The largest absolute Gasteiger partial charge is 0.508 e. The minimum absolute atomic E-state index is 0.0756. The number of hydrogen-bond donors (Lipinski definition) is 2. The Labute approximate surface area is 145 Å². The first-order valence-corrected chi connectivity index (χ1v) is 8.44. The highest BCUT2D eigenvalue weighted by molar-refractivity contribution is 8.05. The van der Waals surface area contributed by atoms with Gasteiger partial charge in [0.15, 0.2) is 5.50 Å². The molecule has 4 nitrogen and oxygen atoms in total. The summed E-state index contributed by atoms with van der Waals surface area (Å²) >= 11 is 1.47. The Balaban J connectivity index is 1.68. The highest BCUT2D eigenvalue weighted by Crippen LogP contribution is 2.32. The standard InChI is InChI=1S/C19H18N2O2S/c1-21(15-10-12-16(22)13-11-15)19-20-18(23)17(24-19)9-5-8-14-6-3-2-4-7-14/h2-13,19,22H,1H3,(H,20,23)/b8-5+,17-9-/t19-/m1/s1. The number of amides is 1. The van der Waals surface area contributed by atoms with Crippen molar-refractivity contribution < 1.29 is 9.90 Å². The molecule has 5 heteroatoms. The van der Waals surface area contributed by atoms with Crippen LogP contribution in [0.2, 0.25) is 0 Å². The Morgan fingerprint density at radius 1 is 1.12 bits per heavy atom. The lowest BCUT2D eigenvalue weighted by atomic mass is 10.2. The number of nitrogens with zero attached hydrogens (tertiary/aromatic N) is 1. The van der Waals surface area contributed by atoms with Crippen LogP contribution in [0, 0.1) is 0 Å². The van der Waals surface area contributed by atoms with Crippen molar-refractivity contribution in [3.8, 4) is 5.75 Å². The van der Waals surface area contributed by atoms with Gasteiger partial charge < -0.3 is 15.3 Å². The molecule has 1 fully saturated rings. The normalized spacial score (nSPS) is 19.0. The number of rotatable bonds is 4. The van der Waals surface area contributed by atoms with Crippen LogP contribution < -0.4 is 10.2 Å². The fourth-order valence-electron chi connectivity index (χ4n) is 2.31. The van der Waals surface area contributed by atoms with Crippen LogP contribution in [0.3, 0.4) is 0 Å². The maximum absolute atomic E-state index is 12.1. The van der Waals surface area contributed by atoms with Gasteiger partial charge in [0.05, 0.1) is 4.91 Å². The molecule has 2 N–H and O–H groups in total. The number of carbonyl (C=O) groups is 1. The molecular formula is C19H18N2O2S. The van der Waals surface area contributed by atoms with E-state index in [1.165, 1.54) is 11.8 Å². The molecule has 2 aromatic carbocycles. The average Bonchev–Trinajstić information content (AvgIpc) is 2.97. The van der Waals surface area contributed by atoms with E-state index in [-0.39, 0.29) is 17.2 Å². The molecule has 0 spiro atoms. The minimum atomic E-state index is -0.168. The summed E-state index contributed by atoms with van der Waals surface area (Å²) in [4.78, 5) is 14.8. The number of allylic oxidation sites excluding steroid dienone is 2. The van der Waals surface area contributed by atoms with Crippen LogP contribution in [0.5, 0.6) is 5.75 Å². The highest BCUT2D eigenvalue weighted by atomic mass is 32.2. The van der Waals surface area contributed by atoms with Gasteiger partial charge in [0, 0.05) is 12.7 Å². The zero-order chi connectivity index (χ0) is 16.9. The monoisotopic (exact) mass is 338 g/mol. The van der Waals surface area contributed by atoms with E-state index in [4.69, 9.17) is 0 Å². The molecule has 1 heterocycles. The molecule has 3 rings (SSSR count). The van der Waals surface area contributed by atoms with Gasteiger partial charge in [0.25, 0.3) is 5.91 Å². The summed E-state index contributed by atoms with van der Waals surface area (Å²) in [6.45, 7) is 0. The van der Waals surface area contributed by atoms with Crippen molar-refractivity contribution in [1.29, 1.82) is 0 Å². The number of nitrogens with one attached hydrogen (secondary N) is 1. The van der Waals surface area contributed by atoms with Crippen molar-refractivity contribution in [3.05, 3.63) is 77.2 Å². The lowest BCUT2D eigenvalue weighted by molar-refractivity contribution is -0.116. The second-order valence-corrected chi connectivity index (χ2v) is 6.49. The lowest BCUT2D eigenvalue weighted by Gasteiger charge is -2.25. The Kier molecular flexibility index (Phi) is 4.91. The van der Waals surface area contributed by atoms with Gasteiger partial charge in [-0.1, -0.05) is 54.2 Å². The molecule has 1 amide bonds. The maximum atomic E-state index is 12.1. The third kappa shape index (κ3) is 3.81. The molecule has 0 unspecified atom stereocenters. The minimum Gasteiger partial charge on any atom is -0.508 e. The smallest absolute Gasteiger partial charge is 0.260 e. The van der Waals surface area contributed by atoms with E-state index in [2.05, 4.69) is 5.32 Å². The molecule has 0 aliphatic carbocycles. The summed E-state index contributed by atoms with van der Waals surface area (Å²) in [5.74, 6) is 0.148. The summed E-state index contributed by atoms with van der Waals surface area (Å²) in [5.41, 5.74) is 1.85. The van der Waals surface area contributed by atoms with Crippen molar-refractivity contribution in [3.63, 3.8) is 0 Å². The molecule has 0 radical (unpaired) electrons. The zero-order valence-electron chi connectivity index (χ0n) is 13.2. The number of benzene rings is 2. The number of carbonyl (C=O) groups excluding carboxylic acids is 1. The number of thioether (sulfide) groups is 1. The zero-order valence-corrected chi connectivity index (χ0v) is 14.0. The molecule has 0 saturated carbocycles. The molecule has 122 valence electrons. The Morgan fingerprint density at radius 3 is 2.54 bits per heavy atom. The lowest BCUT2D eigenvalue weighted by Crippen LogP contribution is -2.39. The number of aromatic hydroxyl groups is 1. The van der Waals surface area contributed by atoms with E-state index in [0.717, 1.165) is 11.3 Å².